The van der Waals surface area contributed by atoms with E-state index >= 15 is 0 Å². The summed E-state index contributed by atoms with van der Waals surface area (Å²) in [6, 6.07) is 0. The molecule has 5 nitrogen and oxygen atoms in total. The second-order valence-corrected chi connectivity index (χ2v) is 3.84. The Morgan fingerprint density at radius 1 is 1.79 bits per heavy atom. The molecule has 4 unspecified atom stereocenters. The number of carbonyl (C=O) groups excluding carboxylic acids is 1. The van der Waals surface area contributed by atoms with E-state index in [1.807, 2.05) is 0 Å². The fourth-order valence-corrected chi connectivity index (χ4v) is 1.59. The summed E-state index contributed by atoms with van der Waals surface area (Å²) in [6.07, 6.45) is 4.36. The molecular formula is C8H9O5S-. The van der Waals surface area contributed by atoms with Crippen LogP contribution in [0, 0.1) is 12.3 Å². The maximum absolute atomic E-state index is 10.6. The molecule has 1 fully saturated rings. The molecule has 0 aromatic carbocycles. The summed E-state index contributed by atoms with van der Waals surface area (Å²) in [7, 11) is 0. The van der Waals surface area contributed by atoms with Crippen molar-refractivity contribution < 1.29 is 23.0 Å². The molecule has 1 saturated heterocycles. The van der Waals surface area contributed by atoms with Crippen LogP contribution in [-0.4, -0.2) is 39.3 Å². The molecule has 0 radical (unpaired) electrons. The van der Waals surface area contributed by atoms with Crippen molar-refractivity contribution in [2.45, 2.75) is 24.1 Å². The van der Waals surface area contributed by atoms with Crippen LogP contribution in [0.25, 0.3) is 0 Å². The first kappa shape index (κ1) is 11.3. The molecule has 0 aliphatic carbocycles. The molecule has 0 bridgehead atoms. The van der Waals surface area contributed by atoms with Gasteiger partial charge in [0.05, 0.1) is 18.0 Å². The average Bonchev–Trinajstić information content (AvgIpc) is 2.61. The smallest absolute Gasteiger partial charge is 0.215 e. The predicted molar refractivity (Wildman–Crippen MR) is 46.8 cm³/mol. The van der Waals surface area contributed by atoms with Crippen LogP contribution in [0.2, 0.25) is 0 Å². The van der Waals surface area contributed by atoms with Gasteiger partial charge in [0.25, 0.3) is 0 Å². The Labute approximate surface area is 84.1 Å². The van der Waals surface area contributed by atoms with Gasteiger partial charge in [0.1, 0.15) is 0 Å². The lowest BCUT2D eigenvalue weighted by Crippen LogP contribution is -2.23. The van der Waals surface area contributed by atoms with E-state index < -0.39 is 28.7 Å². The Morgan fingerprint density at radius 3 is 2.93 bits per heavy atom. The molecule has 0 amide bonds. The number of ether oxygens (including phenoxy) is 2. The molecule has 0 aromatic rings. The largest absolute Gasteiger partial charge is 0.771 e. The van der Waals surface area contributed by atoms with Gasteiger partial charge >= 0.3 is 0 Å². The Hall–Kier alpha value is -0.740. The average molecular weight is 217 g/mol. The molecule has 0 aromatic heterocycles. The minimum Gasteiger partial charge on any atom is -0.771 e. The van der Waals surface area contributed by atoms with E-state index in [-0.39, 0.29) is 13.0 Å². The lowest BCUT2D eigenvalue weighted by atomic mass is 10.2. The number of carbonyl (C=O) groups is 1. The zero-order valence-electron chi connectivity index (χ0n) is 7.25. The highest BCUT2D eigenvalue weighted by atomic mass is 32.2. The molecule has 0 saturated carbocycles. The van der Waals surface area contributed by atoms with Gasteiger partial charge in [0.15, 0.2) is 6.29 Å². The zero-order chi connectivity index (χ0) is 10.6. The normalized spacial score (nSPS) is 30.6. The predicted octanol–water partition coefficient (Wildman–Crippen LogP) is -0.802. The Bertz CT molecular complexity index is 271. The third-order valence-corrected chi connectivity index (χ3v) is 2.57. The first-order chi connectivity index (χ1) is 6.67. The first-order valence-electron chi connectivity index (χ1n) is 3.94. The van der Waals surface area contributed by atoms with Crippen LogP contribution in [0.5, 0.6) is 0 Å². The van der Waals surface area contributed by atoms with E-state index in [4.69, 9.17) is 15.9 Å². The summed E-state index contributed by atoms with van der Waals surface area (Å²) in [6.45, 7) is 0.193. The maximum Gasteiger partial charge on any atom is 0.215 e. The number of hydrogen-bond donors (Lipinski definition) is 0. The van der Waals surface area contributed by atoms with Crippen LogP contribution >= 0.6 is 0 Å². The van der Waals surface area contributed by atoms with Crippen LogP contribution in [0.1, 0.15) is 6.42 Å². The highest BCUT2D eigenvalue weighted by Gasteiger charge is 2.27. The SMILES string of the molecule is C#CC(CC1COC(C=O)O1)S(=O)[O-]. The summed E-state index contributed by atoms with van der Waals surface area (Å²) >= 11 is -2.32. The lowest BCUT2D eigenvalue weighted by molar-refractivity contribution is -0.133. The number of terminal acetylenes is 1. The van der Waals surface area contributed by atoms with E-state index in [9.17, 15) is 13.6 Å². The molecule has 0 spiro atoms. The molecule has 6 heteroatoms. The third-order valence-electron chi connectivity index (χ3n) is 1.78. The summed E-state index contributed by atoms with van der Waals surface area (Å²) in [4.78, 5) is 10.2. The van der Waals surface area contributed by atoms with Crippen molar-refractivity contribution in [2.24, 2.45) is 0 Å². The fraction of sp³-hybridized carbons (Fsp3) is 0.625. The maximum atomic E-state index is 10.6. The van der Waals surface area contributed by atoms with Crippen LogP contribution in [0.3, 0.4) is 0 Å². The van der Waals surface area contributed by atoms with E-state index in [2.05, 4.69) is 5.92 Å². The second kappa shape index (κ2) is 5.22. The fourth-order valence-electron chi connectivity index (χ4n) is 1.11. The van der Waals surface area contributed by atoms with Crippen molar-refractivity contribution in [2.75, 3.05) is 6.61 Å². The summed E-state index contributed by atoms with van der Waals surface area (Å²) in [5.74, 6) is 2.12. The van der Waals surface area contributed by atoms with Gasteiger partial charge in [0, 0.05) is 6.42 Å². The van der Waals surface area contributed by atoms with Crippen LogP contribution < -0.4 is 0 Å². The standard InChI is InChI=1S/C8H10O5S/c1-2-7(14(10)11)3-6-5-12-8(4-9)13-6/h1,4,6-8H,3,5H2,(H,10,11)/p-1. The van der Waals surface area contributed by atoms with Gasteiger partial charge in [0.2, 0.25) is 6.29 Å². The Morgan fingerprint density at radius 2 is 2.50 bits per heavy atom. The quantitative estimate of drug-likeness (QED) is 0.350. The topological polar surface area (TPSA) is 75.7 Å². The van der Waals surface area contributed by atoms with Crippen molar-refractivity contribution in [3.8, 4) is 12.3 Å². The molecular weight excluding hydrogens is 208 g/mol. The first-order valence-corrected chi connectivity index (χ1v) is 5.07. The summed E-state index contributed by atoms with van der Waals surface area (Å²) < 4.78 is 31.0. The van der Waals surface area contributed by atoms with E-state index in [0.29, 0.717) is 6.29 Å². The van der Waals surface area contributed by atoms with Gasteiger partial charge in [-0.3, -0.25) is 9.00 Å². The van der Waals surface area contributed by atoms with Crippen molar-refractivity contribution >= 4 is 17.4 Å². The van der Waals surface area contributed by atoms with Gasteiger partial charge in [-0.15, -0.1) is 6.42 Å². The van der Waals surface area contributed by atoms with Crippen LogP contribution in [0.15, 0.2) is 0 Å². The van der Waals surface area contributed by atoms with Crippen molar-refractivity contribution in [1.29, 1.82) is 0 Å². The third kappa shape index (κ3) is 2.89. The van der Waals surface area contributed by atoms with Gasteiger partial charge in [-0.05, 0) is 11.1 Å². The highest BCUT2D eigenvalue weighted by Crippen LogP contribution is 2.16. The molecule has 1 rings (SSSR count). The molecule has 4 atom stereocenters. The van der Waals surface area contributed by atoms with E-state index in [0.717, 1.165) is 0 Å². The van der Waals surface area contributed by atoms with E-state index in [1.54, 1.807) is 0 Å². The Balaban J connectivity index is 2.42. The second-order valence-electron chi connectivity index (χ2n) is 2.75. The van der Waals surface area contributed by atoms with Gasteiger partial charge in [-0.1, -0.05) is 5.92 Å². The monoisotopic (exact) mass is 217 g/mol. The van der Waals surface area contributed by atoms with Gasteiger partial charge in [-0.2, -0.15) is 0 Å². The molecule has 1 heterocycles. The van der Waals surface area contributed by atoms with Crippen molar-refractivity contribution in [3.63, 3.8) is 0 Å². The van der Waals surface area contributed by atoms with Gasteiger partial charge in [-0.25, -0.2) is 0 Å². The van der Waals surface area contributed by atoms with Gasteiger partial charge < -0.3 is 14.0 Å². The van der Waals surface area contributed by atoms with Crippen LogP contribution in [0.4, 0.5) is 0 Å². The molecule has 78 valence electrons. The minimum atomic E-state index is -2.32. The molecule has 0 N–H and O–H groups in total. The molecule has 14 heavy (non-hydrogen) atoms. The number of aldehydes is 1. The summed E-state index contributed by atoms with van der Waals surface area (Å²) in [5, 5.41) is -0.894. The summed E-state index contributed by atoms with van der Waals surface area (Å²) in [5.41, 5.74) is 0. The Kier molecular flexibility index (Phi) is 4.22. The minimum absolute atomic E-state index is 0.150. The van der Waals surface area contributed by atoms with Crippen molar-refractivity contribution in [1.82, 2.24) is 0 Å². The highest BCUT2D eigenvalue weighted by molar-refractivity contribution is 7.80. The molecule has 1 aliphatic heterocycles. The van der Waals surface area contributed by atoms with E-state index in [1.165, 1.54) is 0 Å². The zero-order valence-corrected chi connectivity index (χ0v) is 8.07. The van der Waals surface area contributed by atoms with Crippen molar-refractivity contribution in [3.05, 3.63) is 0 Å². The van der Waals surface area contributed by atoms with Crippen LogP contribution in [-0.2, 0) is 25.3 Å². The lowest BCUT2D eigenvalue weighted by Gasteiger charge is -2.16. The molecule has 1 aliphatic rings. The number of hydrogen-bond acceptors (Lipinski definition) is 5. The number of rotatable bonds is 4.